The Balaban J connectivity index is 2.13. The third-order valence-electron chi connectivity index (χ3n) is 4.87. The molecule has 0 aliphatic carbocycles. The summed E-state index contributed by atoms with van der Waals surface area (Å²) in [5.74, 6) is 0.118. The van der Waals surface area contributed by atoms with Crippen LogP contribution in [0.1, 0.15) is 47.4 Å². The zero-order chi connectivity index (χ0) is 20.1. The number of hydrogen-bond donors (Lipinski definition) is 0. The molecule has 3 aromatic carbocycles. The van der Waals surface area contributed by atoms with E-state index in [1.54, 1.807) is 48.5 Å². The molecule has 3 rings (SSSR count). The summed E-state index contributed by atoms with van der Waals surface area (Å²) >= 11 is 0. The fourth-order valence-electron chi connectivity index (χ4n) is 3.21. The fourth-order valence-corrected chi connectivity index (χ4v) is 5.83. The lowest BCUT2D eigenvalue weighted by atomic mass is 10.1. The van der Waals surface area contributed by atoms with Crippen LogP contribution >= 0.6 is 7.14 Å². The maximum Gasteiger partial charge on any atom is 0.171 e. The monoisotopic (exact) mass is 390 g/mol. The number of benzene rings is 3. The zero-order valence-electron chi connectivity index (χ0n) is 16.1. The Bertz CT molecular complexity index is 956. The van der Waals surface area contributed by atoms with Crippen molar-refractivity contribution in [2.45, 2.75) is 26.7 Å². The number of rotatable bonds is 7. The number of carbonyl (C=O) groups is 2. The molecule has 0 spiro atoms. The summed E-state index contributed by atoms with van der Waals surface area (Å²) < 4.78 is 14.3. The van der Waals surface area contributed by atoms with Crippen molar-refractivity contribution in [3.05, 3.63) is 90.0 Å². The third-order valence-corrected chi connectivity index (χ3v) is 7.94. The Hall–Kier alpha value is -2.77. The molecule has 0 N–H and O–H groups in total. The van der Waals surface area contributed by atoms with Crippen LogP contribution in [0.5, 0.6) is 0 Å². The summed E-state index contributed by atoms with van der Waals surface area (Å²) in [6.45, 7) is 3.65. The molecule has 0 saturated heterocycles. The molecule has 0 aliphatic heterocycles. The standard InChI is InChI=1S/C24H23O3P/c1-3-23(25)18-10-14-21(15-11-18)28(27,20-8-6-5-7-9-20)22-16-12-19(13-17-22)24(26)4-2/h5-17H,3-4H2,1-2H3. The fraction of sp³-hybridized carbons (Fsp3) is 0.167. The van der Waals surface area contributed by atoms with E-state index in [1.165, 1.54) is 0 Å². The van der Waals surface area contributed by atoms with Crippen LogP contribution in [0, 0.1) is 0 Å². The molecule has 0 fully saturated rings. The van der Waals surface area contributed by atoms with E-state index in [4.69, 9.17) is 0 Å². The second-order valence-corrected chi connectivity index (χ2v) is 9.36. The van der Waals surface area contributed by atoms with E-state index in [0.717, 1.165) is 5.30 Å². The van der Waals surface area contributed by atoms with Crippen molar-refractivity contribution >= 4 is 34.6 Å². The molecule has 28 heavy (non-hydrogen) atoms. The highest BCUT2D eigenvalue weighted by molar-refractivity contribution is 7.85. The maximum absolute atomic E-state index is 14.3. The molecule has 0 aromatic heterocycles. The van der Waals surface area contributed by atoms with Gasteiger partial charge in [0.15, 0.2) is 18.7 Å². The minimum atomic E-state index is -3.12. The van der Waals surface area contributed by atoms with Crippen molar-refractivity contribution in [2.75, 3.05) is 0 Å². The van der Waals surface area contributed by atoms with Crippen molar-refractivity contribution in [1.82, 2.24) is 0 Å². The lowest BCUT2D eigenvalue weighted by Gasteiger charge is -2.20. The van der Waals surface area contributed by atoms with E-state index in [0.29, 0.717) is 34.6 Å². The van der Waals surface area contributed by atoms with E-state index >= 15 is 0 Å². The molecule has 0 bridgehead atoms. The van der Waals surface area contributed by atoms with Crippen molar-refractivity contribution < 1.29 is 14.2 Å². The smallest absolute Gasteiger partial charge is 0.171 e. The molecule has 142 valence electrons. The van der Waals surface area contributed by atoms with Crippen molar-refractivity contribution in [1.29, 1.82) is 0 Å². The van der Waals surface area contributed by atoms with Crippen LogP contribution in [0.3, 0.4) is 0 Å². The molecule has 0 unspecified atom stereocenters. The predicted molar refractivity (Wildman–Crippen MR) is 115 cm³/mol. The minimum Gasteiger partial charge on any atom is -0.309 e. The number of hydrogen-bond acceptors (Lipinski definition) is 3. The van der Waals surface area contributed by atoms with Crippen LogP contribution in [-0.4, -0.2) is 11.6 Å². The Kier molecular flexibility index (Phi) is 6.06. The summed E-state index contributed by atoms with van der Waals surface area (Å²) in [7, 11) is -3.12. The van der Waals surface area contributed by atoms with Gasteiger partial charge in [0.05, 0.1) is 0 Å². The van der Waals surface area contributed by atoms with Gasteiger partial charge < -0.3 is 4.57 Å². The molecule has 0 aliphatic rings. The predicted octanol–water partition coefficient (Wildman–Crippen LogP) is 4.51. The van der Waals surface area contributed by atoms with Gasteiger partial charge in [-0.2, -0.15) is 0 Å². The van der Waals surface area contributed by atoms with Crippen LogP contribution in [0.4, 0.5) is 0 Å². The minimum absolute atomic E-state index is 0.0588. The average Bonchev–Trinajstić information content (AvgIpc) is 2.78. The topological polar surface area (TPSA) is 51.2 Å². The van der Waals surface area contributed by atoms with Gasteiger partial charge in [0.2, 0.25) is 0 Å². The lowest BCUT2D eigenvalue weighted by Crippen LogP contribution is -2.25. The van der Waals surface area contributed by atoms with Crippen LogP contribution < -0.4 is 15.9 Å². The molecular formula is C24H23O3P. The zero-order valence-corrected chi connectivity index (χ0v) is 17.0. The largest absolute Gasteiger partial charge is 0.309 e. The van der Waals surface area contributed by atoms with E-state index in [9.17, 15) is 14.2 Å². The van der Waals surface area contributed by atoms with Gasteiger partial charge in [-0.05, 0) is 0 Å². The van der Waals surface area contributed by atoms with E-state index in [-0.39, 0.29) is 11.6 Å². The van der Waals surface area contributed by atoms with Crippen LogP contribution in [-0.2, 0) is 4.57 Å². The Morgan fingerprint density at radius 3 is 1.32 bits per heavy atom. The molecular weight excluding hydrogens is 367 g/mol. The first-order chi connectivity index (χ1) is 13.5. The van der Waals surface area contributed by atoms with Crippen molar-refractivity contribution in [3.63, 3.8) is 0 Å². The van der Waals surface area contributed by atoms with Crippen LogP contribution in [0.25, 0.3) is 0 Å². The molecule has 0 saturated carbocycles. The van der Waals surface area contributed by atoms with Crippen LogP contribution in [0.15, 0.2) is 78.9 Å². The first-order valence-corrected chi connectivity index (χ1v) is 11.1. The van der Waals surface area contributed by atoms with Gasteiger partial charge in [-0.3, -0.25) is 9.59 Å². The molecule has 3 nitrogen and oxygen atoms in total. The summed E-state index contributed by atoms with van der Waals surface area (Å²) in [6.07, 6.45) is 0.866. The molecule has 0 radical (unpaired) electrons. The van der Waals surface area contributed by atoms with Gasteiger partial charge in [-0.15, -0.1) is 0 Å². The lowest BCUT2D eigenvalue weighted by molar-refractivity contribution is 0.0980. The maximum atomic E-state index is 14.3. The van der Waals surface area contributed by atoms with Gasteiger partial charge in [0, 0.05) is 39.9 Å². The first kappa shape index (κ1) is 20.0. The van der Waals surface area contributed by atoms with Gasteiger partial charge in [0.25, 0.3) is 0 Å². The third kappa shape index (κ3) is 3.76. The summed E-state index contributed by atoms with van der Waals surface area (Å²) in [6, 6.07) is 23.4. The second kappa shape index (κ2) is 8.50. The Morgan fingerprint density at radius 1 is 0.607 bits per heavy atom. The van der Waals surface area contributed by atoms with E-state index in [2.05, 4.69) is 0 Å². The molecule has 3 aromatic rings. The van der Waals surface area contributed by atoms with Gasteiger partial charge in [-0.25, -0.2) is 0 Å². The summed E-state index contributed by atoms with van der Waals surface area (Å²) in [5, 5.41) is 2.06. The summed E-state index contributed by atoms with van der Waals surface area (Å²) in [5.41, 5.74) is 1.24. The highest BCUT2D eigenvalue weighted by Crippen LogP contribution is 2.42. The average molecular weight is 390 g/mol. The van der Waals surface area contributed by atoms with Crippen LogP contribution in [0.2, 0.25) is 0 Å². The van der Waals surface area contributed by atoms with E-state index < -0.39 is 7.14 Å². The Morgan fingerprint density at radius 2 is 0.964 bits per heavy atom. The molecule has 0 amide bonds. The van der Waals surface area contributed by atoms with Gasteiger partial charge in [0.1, 0.15) is 0 Å². The van der Waals surface area contributed by atoms with Gasteiger partial charge in [-0.1, -0.05) is 92.7 Å². The molecule has 0 atom stereocenters. The van der Waals surface area contributed by atoms with Crippen molar-refractivity contribution in [3.8, 4) is 0 Å². The number of carbonyl (C=O) groups excluding carboxylic acids is 2. The van der Waals surface area contributed by atoms with Crippen molar-refractivity contribution in [2.24, 2.45) is 0 Å². The second-order valence-electron chi connectivity index (χ2n) is 6.59. The Labute approximate surface area is 165 Å². The van der Waals surface area contributed by atoms with E-state index in [1.807, 2.05) is 44.2 Å². The quantitative estimate of drug-likeness (QED) is 0.441. The summed E-state index contributed by atoms with van der Waals surface area (Å²) in [4.78, 5) is 23.9. The normalized spacial score (nSPS) is 11.2. The first-order valence-electron chi connectivity index (χ1n) is 9.44. The highest BCUT2D eigenvalue weighted by Gasteiger charge is 2.29. The number of Topliss-reactive ketones (excluding diaryl/α,β-unsaturated/α-hetero) is 2. The highest BCUT2D eigenvalue weighted by atomic mass is 31.2. The number of ketones is 2. The molecule has 0 heterocycles. The van der Waals surface area contributed by atoms with Gasteiger partial charge >= 0.3 is 0 Å². The SMILES string of the molecule is CCC(=O)c1ccc(P(=O)(c2ccccc2)c2ccc(C(=O)CC)cc2)cc1. The molecule has 4 heteroatoms.